The van der Waals surface area contributed by atoms with Crippen molar-refractivity contribution in [1.82, 2.24) is 10.6 Å². The summed E-state index contributed by atoms with van der Waals surface area (Å²) in [5, 5.41) is 6.48. The molecule has 5 rings (SSSR count). The number of nitrogens with one attached hydrogen (secondary N) is 2. The number of urea groups is 1. The summed E-state index contributed by atoms with van der Waals surface area (Å²) in [6.45, 7) is 1.98. The van der Waals surface area contributed by atoms with E-state index in [0.717, 1.165) is 54.1 Å². The van der Waals surface area contributed by atoms with Crippen molar-refractivity contribution in [3.05, 3.63) is 23.8 Å². The predicted molar refractivity (Wildman–Crippen MR) is 101 cm³/mol. The van der Waals surface area contributed by atoms with Gasteiger partial charge in [0, 0.05) is 11.1 Å². The maximum atomic E-state index is 12.8. The number of hydrogen-bond acceptors (Lipinski definition) is 3. The fourth-order valence-corrected chi connectivity index (χ4v) is 5.99. The summed E-state index contributed by atoms with van der Waals surface area (Å²) in [7, 11) is 3.29. The van der Waals surface area contributed by atoms with Crippen molar-refractivity contribution >= 4 is 6.03 Å². The molecule has 0 spiro atoms. The lowest BCUT2D eigenvalue weighted by molar-refractivity contribution is -0.0136. The fourth-order valence-electron chi connectivity index (χ4n) is 5.99. The van der Waals surface area contributed by atoms with E-state index in [1.807, 2.05) is 25.1 Å². The zero-order chi connectivity index (χ0) is 18.3. The number of amides is 2. The fraction of sp³-hybridized carbons (Fsp3) is 0.667. The predicted octanol–water partition coefficient (Wildman–Crippen LogP) is 4.03. The Kier molecular flexibility index (Phi) is 4.49. The van der Waals surface area contributed by atoms with E-state index in [1.54, 1.807) is 14.2 Å². The molecule has 4 bridgehead atoms. The van der Waals surface area contributed by atoms with Gasteiger partial charge in [-0.1, -0.05) is 0 Å². The molecular formula is C21H30N2O3. The van der Waals surface area contributed by atoms with Crippen LogP contribution >= 0.6 is 0 Å². The minimum atomic E-state index is -0.158. The molecule has 2 amide bonds. The highest BCUT2D eigenvalue weighted by Gasteiger charge is 2.51. The van der Waals surface area contributed by atoms with Gasteiger partial charge in [-0.05, 0) is 81.4 Å². The molecule has 26 heavy (non-hydrogen) atoms. The number of ether oxygens (including phenoxy) is 2. The molecule has 0 radical (unpaired) electrons. The molecule has 4 aliphatic rings. The van der Waals surface area contributed by atoms with Gasteiger partial charge in [0.2, 0.25) is 0 Å². The minimum absolute atomic E-state index is 0.0248. The topological polar surface area (TPSA) is 59.6 Å². The lowest BCUT2D eigenvalue weighted by Crippen LogP contribution is -2.61. The van der Waals surface area contributed by atoms with E-state index in [4.69, 9.17) is 9.47 Å². The molecule has 1 aromatic rings. The third-order valence-electron chi connectivity index (χ3n) is 6.67. The van der Waals surface area contributed by atoms with Crippen LogP contribution in [0.2, 0.25) is 0 Å². The van der Waals surface area contributed by atoms with Gasteiger partial charge in [0.1, 0.15) is 11.5 Å². The van der Waals surface area contributed by atoms with Gasteiger partial charge in [-0.2, -0.15) is 0 Å². The third-order valence-corrected chi connectivity index (χ3v) is 6.67. The lowest BCUT2D eigenvalue weighted by atomic mass is 9.53. The smallest absolute Gasteiger partial charge is 0.315 e. The molecule has 4 fully saturated rings. The monoisotopic (exact) mass is 358 g/mol. The standard InChI is InChI=1S/C21H30N2O3/c1-13(18-9-17(25-2)4-5-19(18)26-3)22-20(24)23-21-10-14-6-15(11-21)8-16(7-14)12-21/h4-5,9,13-16H,6-8,10-12H2,1-3H3,(H2,22,23,24)/t13-,14?,15?,16?,21?/m0/s1. The first-order valence-electron chi connectivity index (χ1n) is 9.81. The largest absolute Gasteiger partial charge is 0.497 e. The van der Waals surface area contributed by atoms with Gasteiger partial charge < -0.3 is 20.1 Å². The number of methoxy groups -OCH3 is 2. The Bertz CT molecular complexity index is 653. The van der Waals surface area contributed by atoms with Gasteiger partial charge in [0.05, 0.1) is 20.3 Å². The minimum Gasteiger partial charge on any atom is -0.497 e. The average Bonchev–Trinajstić information content (AvgIpc) is 2.59. The molecule has 0 unspecified atom stereocenters. The third kappa shape index (κ3) is 3.24. The molecule has 0 aromatic heterocycles. The Morgan fingerprint density at radius 3 is 2.23 bits per heavy atom. The molecule has 5 heteroatoms. The highest BCUT2D eigenvalue weighted by molar-refractivity contribution is 5.75. The van der Waals surface area contributed by atoms with Gasteiger partial charge in [-0.3, -0.25) is 0 Å². The highest BCUT2D eigenvalue weighted by Crippen LogP contribution is 2.55. The summed E-state index contributed by atoms with van der Waals surface area (Å²) in [4.78, 5) is 12.8. The maximum Gasteiger partial charge on any atom is 0.315 e. The molecule has 1 aromatic carbocycles. The van der Waals surface area contributed by atoms with E-state index in [9.17, 15) is 4.79 Å². The number of hydrogen-bond donors (Lipinski definition) is 2. The summed E-state index contributed by atoms with van der Waals surface area (Å²) in [5.41, 5.74) is 0.948. The normalized spacial score (nSPS) is 32.8. The highest BCUT2D eigenvalue weighted by atomic mass is 16.5. The Labute approximate surface area is 155 Å². The van der Waals surface area contributed by atoms with Gasteiger partial charge in [-0.15, -0.1) is 0 Å². The van der Waals surface area contributed by atoms with E-state index in [0.29, 0.717) is 0 Å². The quantitative estimate of drug-likeness (QED) is 0.835. The summed E-state index contributed by atoms with van der Waals surface area (Å²) in [6, 6.07) is 5.45. The molecule has 0 saturated heterocycles. The van der Waals surface area contributed by atoms with Crippen molar-refractivity contribution in [2.24, 2.45) is 17.8 Å². The van der Waals surface area contributed by atoms with Crippen LogP contribution in [0.4, 0.5) is 4.79 Å². The average molecular weight is 358 g/mol. The van der Waals surface area contributed by atoms with Gasteiger partial charge >= 0.3 is 6.03 Å². The van der Waals surface area contributed by atoms with Crippen molar-refractivity contribution in [3.63, 3.8) is 0 Å². The SMILES string of the molecule is COc1ccc(OC)c([C@H](C)NC(=O)NC23CC4CC(CC(C4)C2)C3)c1. The second-order valence-corrected chi connectivity index (χ2v) is 8.63. The zero-order valence-electron chi connectivity index (χ0n) is 16.0. The van der Waals surface area contributed by atoms with Crippen molar-refractivity contribution in [3.8, 4) is 11.5 Å². The molecule has 0 heterocycles. The Morgan fingerprint density at radius 2 is 1.69 bits per heavy atom. The van der Waals surface area contributed by atoms with E-state index >= 15 is 0 Å². The van der Waals surface area contributed by atoms with E-state index in [2.05, 4.69) is 10.6 Å². The molecular weight excluding hydrogens is 328 g/mol. The van der Waals surface area contributed by atoms with Crippen LogP contribution in [0.1, 0.15) is 57.1 Å². The Balaban J connectivity index is 1.44. The molecule has 4 aliphatic carbocycles. The molecule has 0 aliphatic heterocycles. The summed E-state index contributed by atoms with van der Waals surface area (Å²) in [5.74, 6) is 3.97. The Hall–Kier alpha value is -1.91. The van der Waals surface area contributed by atoms with Crippen LogP contribution in [0.3, 0.4) is 0 Å². The van der Waals surface area contributed by atoms with Gasteiger partial charge in [-0.25, -0.2) is 4.79 Å². The summed E-state index contributed by atoms with van der Waals surface area (Å²) >= 11 is 0. The van der Waals surface area contributed by atoms with E-state index in [-0.39, 0.29) is 17.6 Å². The lowest BCUT2D eigenvalue weighted by Gasteiger charge is -2.56. The van der Waals surface area contributed by atoms with Crippen LogP contribution in [0.5, 0.6) is 11.5 Å². The van der Waals surface area contributed by atoms with Crippen LogP contribution in [0, 0.1) is 17.8 Å². The molecule has 5 nitrogen and oxygen atoms in total. The summed E-state index contributed by atoms with van der Waals surface area (Å²) in [6.07, 6.45) is 7.59. The van der Waals surface area contributed by atoms with Crippen LogP contribution in [-0.2, 0) is 0 Å². The first-order chi connectivity index (χ1) is 12.5. The van der Waals surface area contributed by atoms with Gasteiger partial charge in [0.25, 0.3) is 0 Å². The zero-order valence-corrected chi connectivity index (χ0v) is 16.0. The summed E-state index contributed by atoms with van der Waals surface area (Å²) < 4.78 is 10.8. The van der Waals surface area contributed by atoms with E-state index < -0.39 is 0 Å². The van der Waals surface area contributed by atoms with Crippen molar-refractivity contribution < 1.29 is 14.3 Å². The van der Waals surface area contributed by atoms with Gasteiger partial charge in [0.15, 0.2) is 0 Å². The number of carbonyl (C=O) groups is 1. The number of benzene rings is 1. The molecule has 1 atom stereocenters. The maximum absolute atomic E-state index is 12.8. The molecule has 4 saturated carbocycles. The van der Waals surface area contributed by atoms with Crippen molar-refractivity contribution in [2.75, 3.05) is 14.2 Å². The second-order valence-electron chi connectivity index (χ2n) is 8.63. The second kappa shape index (κ2) is 6.67. The molecule has 142 valence electrons. The number of rotatable bonds is 5. The number of carbonyl (C=O) groups excluding carboxylic acids is 1. The van der Waals surface area contributed by atoms with Crippen LogP contribution in [0.25, 0.3) is 0 Å². The van der Waals surface area contributed by atoms with Crippen molar-refractivity contribution in [1.29, 1.82) is 0 Å². The van der Waals surface area contributed by atoms with Crippen LogP contribution in [0.15, 0.2) is 18.2 Å². The first-order valence-corrected chi connectivity index (χ1v) is 9.81. The first kappa shape index (κ1) is 17.5. The van der Waals surface area contributed by atoms with Crippen molar-refractivity contribution in [2.45, 2.75) is 57.0 Å². The van der Waals surface area contributed by atoms with Crippen LogP contribution < -0.4 is 20.1 Å². The Morgan fingerprint density at radius 1 is 1.08 bits per heavy atom. The molecule has 2 N–H and O–H groups in total. The van der Waals surface area contributed by atoms with E-state index in [1.165, 1.54) is 19.3 Å². The van der Waals surface area contributed by atoms with Crippen LogP contribution in [-0.4, -0.2) is 25.8 Å².